The average Bonchev–Trinajstić information content (AvgIpc) is 2.75. The molecule has 126 valence electrons. The van der Waals surface area contributed by atoms with E-state index in [0.717, 1.165) is 0 Å². The van der Waals surface area contributed by atoms with Gasteiger partial charge in [-0.15, -0.1) is 4.91 Å². The maximum atomic E-state index is 12.7. The Morgan fingerprint density at radius 1 is 1.24 bits per heavy atom. The topological polar surface area (TPSA) is 123 Å². The predicted molar refractivity (Wildman–Crippen MR) is 92.1 cm³/mol. The molecule has 0 saturated heterocycles. The Morgan fingerprint density at radius 3 is 2.68 bits per heavy atom. The van der Waals surface area contributed by atoms with Crippen molar-refractivity contribution in [3.05, 3.63) is 79.9 Å². The highest BCUT2D eigenvalue weighted by atomic mass is 16.6. The third kappa shape index (κ3) is 3.34. The normalized spacial score (nSPS) is 13.5. The summed E-state index contributed by atoms with van der Waals surface area (Å²) in [6.07, 6.45) is 0. The van der Waals surface area contributed by atoms with Crippen molar-refractivity contribution < 1.29 is 9.66 Å². The van der Waals surface area contributed by atoms with Gasteiger partial charge in [-0.05, 0) is 23.4 Å². The minimum absolute atomic E-state index is 0.137. The van der Waals surface area contributed by atoms with E-state index in [4.69, 9.17) is 0 Å². The Morgan fingerprint density at radius 2 is 2.00 bits per heavy atom. The molecule has 1 heterocycles. The lowest BCUT2D eigenvalue weighted by molar-refractivity contribution is -0.439. The van der Waals surface area contributed by atoms with Crippen molar-refractivity contribution in [1.82, 2.24) is 5.32 Å². The second-order valence-electron chi connectivity index (χ2n) is 5.23. The molecule has 25 heavy (non-hydrogen) atoms. The van der Waals surface area contributed by atoms with Crippen LogP contribution >= 0.6 is 0 Å². The van der Waals surface area contributed by atoms with Crippen LogP contribution in [0.25, 0.3) is 0 Å². The molecule has 9 heteroatoms. The molecule has 2 aromatic rings. The maximum Gasteiger partial charge on any atom is 0.270 e. The van der Waals surface area contributed by atoms with Crippen LogP contribution in [0, 0.1) is 20.2 Å². The number of benzene rings is 2. The molecule has 0 radical (unpaired) electrons. The van der Waals surface area contributed by atoms with Crippen LogP contribution < -0.4 is 5.32 Å². The summed E-state index contributed by atoms with van der Waals surface area (Å²) < 4.78 is 0.696. The molecule has 0 saturated carbocycles. The number of non-ortho nitro benzene ring substituents is 1. The molecule has 0 unspecified atom stereocenters. The predicted octanol–water partition coefficient (Wildman–Crippen LogP) is 2.30. The quantitative estimate of drug-likeness (QED) is 0.301. The Balaban J connectivity index is 2.21. The zero-order valence-electron chi connectivity index (χ0n) is 13.0. The zero-order valence-corrected chi connectivity index (χ0v) is 13.0. The van der Waals surface area contributed by atoms with Crippen molar-refractivity contribution in [1.29, 1.82) is 0 Å². The molecule has 2 aromatic carbocycles. The van der Waals surface area contributed by atoms with Crippen molar-refractivity contribution in [2.75, 3.05) is 13.2 Å². The van der Waals surface area contributed by atoms with Crippen molar-refractivity contribution in [3.63, 3.8) is 0 Å². The third-order valence-corrected chi connectivity index (χ3v) is 3.64. The van der Waals surface area contributed by atoms with Gasteiger partial charge in [-0.1, -0.05) is 18.2 Å². The lowest BCUT2D eigenvalue weighted by Gasteiger charge is -2.10. The highest BCUT2D eigenvalue weighted by molar-refractivity contribution is 6.14. The van der Waals surface area contributed by atoms with Crippen LogP contribution in [-0.4, -0.2) is 34.4 Å². The maximum absolute atomic E-state index is 12.7. The number of nitrogens with one attached hydrogen (secondary N) is 1. The molecule has 1 aliphatic rings. The summed E-state index contributed by atoms with van der Waals surface area (Å²) in [5.74, 6) is 0.260. The molecule has 0 atom stereocenters. The summed E-state index contributed by atoms with van der Waals surface area (Å²) in [7, 11) is 0. The van der Waals surface area contributed by atoms with Crippen molar-refractivity contribution >= 4 is 22.9 Å². The lowest BCUT2D eigenvalue weighted by Crippen LogP contribution is -2.32. The lowest BCUT2D eigenvalue weighted by atomic mass is 10.00. The molecule has 0 amide bonds. The summed E-state index contributed by atoms with van der Waals surface area (Å²) in [4.78, 5) is 25.2. The first-order valence-electron chi connectivity index (χ1n) is 7.36. The van der Waals surface area contributed by atoms with E-state index in [2.05, 4.69) is 15.5 Å². The first-order valence-corrected chi connectivity index (χ1v) is 7.36. The van der Waals surface area contributed by atoms with Gasteiger partial charge in [0.05, 0.1) is 16.2 Å². The molecule has 9 nitrogen and oxygen atoms in total. The van der Waals surface area contributed by atoms with E-state index >= 15 is 0 Å². The molecular formula is C16H13N5O4. The fourth-order valence-corrected chi connectivity index (χ4v) is 2.57. The van der Waals surface area contributed by atoms with Crippen LogP contribution in [0.3, 0.4) is 0 Å². The van der Waals surface area contributed by atoms with Crippen LogP contribution in [-0.2, 0) is 0 Å². The zero-order chi connectivity index (χ0) is 17.8. The van der Waals surface area contributed by atoms with Gasteiger partial charge in [0, 0.05) is 17.7 Å². The van der Waals surface area contributed by atoms with Crippen LogP contribution in [0.2, 0.25) is 0 Å². The minimum atomic E-state index is -0.526. The van der Waals surface area contributed by atoms with Gasteiger partial charge in [-0.3, -0.25) is 10.1 Å². The van der Waals surface area contributed by atoms with E-state index in [1.165, 1.54) is 18.2 Å². The van der Waals surface area contributed by atoms with Gasteiger partial charge >= 0.3 is 0 Å². The molecule has 1 aliphatic heterocycles. The van der Waals surface area contributed by atoms with Crippen molar-refractivity contribution in [3.8, 4) is 0 Å². The first-order chi connectivity index (χ1) is 12.1. The van der Waals surface area contributed by atoms with Crippen molar-refractivity contribution in [2.45, 2.75) is 0 Å². The van der Waals surface area contributed by atoms with E-state index in [0.29, 0.717) is 21.6 Å². The number of hydroxylamine groups is 1. The molecule has 0 aromatic heterocycles. The number of hydrogen-bond acceptors (Lipinski definition) is 7. The van der Waals surface area contributed by atoms with E-state index in [1.807, 2.05) is 6.07 Å². The van der Waals surface area contributed by atoms with Crippen molar-refractivity contribution in [2.24, 2.45) is 10.2 Å². The van der Waals surface area contributed by atoms with E-state index < -0.39 is 4.92 Å². The number of nitrogens with zero attached hydrogens (tertiary/aromatic N) is 4. The number of rotatable bonds is 4. The fourth-order valence-electron chi connectivity index (χ4n) is 2.57. The summed E-state index contributed by atoms with van der Waals surface area (Å²) in [5.41, 5.74) is 1.51. The van der Waals surface area contributed by atoms with Crippen LogP contribution in [0.15, 0.2) is 58.7 Å². The number of nitro benzene ring substituents is 1. The largest absolute Gasteiger partial charge is 0.623 e. The van der Waals surface area contributed by atoms with Crippen LogP contribution in [0.4, 0.5) is 11.4 Å². The van der Waals surface area contributed by atoms with Gasteiger partial charge < -0.3 is 10.5 Å². The first kappa shape index (κ1) is 16.2. The van der Waals surface area contributed by atoms with Gasteiger partial charge in [-0.2, -0.15) is 4.74 Å². The summed E-state index contributed by atoms with van der Waals surface area (Å²) >= 11 is 0. The van der Waals surface area contributed by atoms with Gasteiger partial charge in [-0.25, -0.2) is 4.99 Å². The SMILES string of the molecule is O=NCNC1=Nc2ccc([N+](=O)[O-])cc2C(c2ccccc2)=[N+]([O-])C1. The smallest absolute Gasteiger partial charge is 0.270 e. The van der Waals surface area contributed by atoms with Crippen LogP contribution in [0.1, 0.15) is 11.1 Å². The third-order valence-electron chi connectivity index (χ3n) is 3.64. The van der Waals surface area contributed by atoms with Gasteiger partial charge in [0.15, 0.2) is 12.5 Å². The number of aliphatic imine (C=N–C) groups is 1. The molecule has 3 rings (SSSR count). The fraction of sp³-hybridized carbons (Fsp3) is 0.125. The highest BCUT2D eigenvalue weighted by Gasteiger charge is 2.26. The Hall–Kier alpha value is -3.62. The molecular weight excluding hydrogens is 326 g/mol. The summed E-state index contributed by atoms with van der Waals surface area (Å²) in [6, 6.07) is 13.0. The molecule has 0 spiro atoms. The highest BCUT2D eigenvalue weighted by Crippen LogP contribution is 2.29. The number of hydrogen-bond donors (Lipinski definition) is 1. The van der Waals surface area contributed by atoms with Gasteiger partial charge in [0.25, 0.3) is 5.69 Å². The summed E-state index contributed by atoms with van der Waals surface area (Å²) in [5, 5.41) is 29.2. The molecule has 1 N–H and O–H groups in total. The molecule has 0 aliphatic carbocycles. The average molecular weight is 339 g/mol. The second kappa shape index (κ2) is 6.87. The number of nitro groups is 1. The van der Waals surface area contributed by atoms with Crippen LogP contribution in [0.5, 0.6) is 0 Å². The standard InChI is InChI=1S/C16H13N5O4/c22-18-10-17-15-9-20(23)16(11-4-2-1-3-5-11)13-8-12(21(24)25)6-7-14(13)19-15/h1-8H,9-10H2,(H,17,19). The van der Waals surface area contributed by atoms with Gasteiger partial charge in [0.2, 0.25) is 12.3 Å². The number of amidine groups is 1. The minimum Gasteiger partial charge on any atom is -0.623 e. The van der Waals surface area contributed by atoms with E-state index in [9.17, 15) is 20.2 Å². The van der Waals surface area contributed by atoms with E-state index in [-0.39, 0.29) is 30.4 Å². The second-order valence-corrected chi connectivity index (χ2v) is 5.23. The summed E-state index contributed by atoms with van der Waals surface area (Å²) in [6.45, 7) is -0.363. The Labute approximate surface area is 142 Å². The Kier molecular flexibility index (Phi) is 4.46. The number of nitroso groups, excluding NO2 is 1. The van der Waals surface area contributed by atoms with Gasteiger partial charge in [0.1, 0.15) is 0 Å². The molecule has 0 fully saturated rings. The monoisotopic (exact) mass is 339 g/mol. The molecule has 0 bridgehead atoms. The van der Waals surface area contributed by atoms with E-state index in [1.54, 1.807) is 24.3 Å². The Bertz CT molecular complexity index is 893. The number of fused-ring (bicyclic) bond motifs is 1.